The first-order valence-corrected chi connectivity index (χ1v) is 8.04. The average molecular weight is 353 g/mol. The smallest absolute Gasteiger partial charge is 0.244 e. The molecule has 7 nitrogen and oxygen atoms in total. The van der Waals surface area contributed by atoms with Gasteiger partial charge < -0.3 is 30.1 Å². The highest BCUT2D eigenvalue weighted by Crippen LogP contribution is 2.21. The van der Waals surface area contributed by atoms with E-state index in [0.29, 0.717) is 0 Å². The molecule has 5 unspecified atom stereocenters. The fraction of sp³-hybridized carbons (Fsp3) is 0.500. The van der Waals surface area contributed by atoms with Gasteiger partial charge in [0.15, 0.2) is 6.29 Å². The SMILES string of the molecule is CC=CC=C(C)C=CC=CC(=O)NC1C(OC)OC(CO)C(O)C1O. The number of aliphatic hydroxyl groups excluding tert-OH is 3. The molecule has 0 bridgehead atoms. The van der Waals surface area contributed by atoms with Gasteiger partial charge in [0.05, 0.1) is 6.61 Å². The van der Waals surface area contributed by atoms with Crippen LogP contribution in [0.2, 0.25) is 0 Å². The van der Waals surface area contributed by atoms with Crippen LogP contribution in [0.3, 0.4) is 0 Å². The zero-order chi connectivity index (χ0) is 18.8. The number of allylic oxidation sites excluding steroid dienone is 7. The molecule has 25 heavy (non-hydrogen) atoms. The maximum Gasteiger partial charge on any atom is 0.244 e. The molecule has 1 aliphatic heterocycles. The largest absolute Gasteiger partial charge is 0.394 e. The molecule has 1 amide bonds. The summed E-state index contributed by atoms with van der Waals surface area (Å²) in [5.41, 5.74) is 1.02. The Bertz CT molecular complexity index is 538. The number of nitrogens with one attached hydrogen (secondary N) is 1. The normalized spacial score (nSPS) is 31.3. The summed E-state index contributed by atoms with van der Waals surface area (Å²) in [4.78, 5) is 12.0. The molecule has 0 spiro atoms. The Kier molecular flexibility index (Phi) is 9.33. The lowest BCUT2D eigenvalue weighted by Crippen LogP contribution is -2.64. The second-order valence-corrected chi connectivity index (χ2v) is 5.63. The van der Waals surface area contributed by atoms with E-state index < -0.39 is 43.2 Å². The molecule has 140 valence electrons. The number of hydrogen-bond donors (Lipinski definition) is 4. The second kappa shape index (κ2) is 11.0. The lowest BCUT2D eigenvalue weighted by Gasteiger charge is -2.41. The molecule has 0 aromatic carbocycles. The van der Waals surface area contributed by atoms with Gasteiger partial charge in [0, 0.05) is 13.2 Å². The molecule has 1 rings (SSSR count). The summed E-state index contributed by atoms with van der Waals surface area (Å²) in [5, 5.41) is 31.7. The highest BCUT2D eigenvalue weighted by atomic mass is 16.7. The summed E-state index contributed by atoms with van der Waals surface area (Å²) < 4.78 is 10.4. The Morgan fingerprint density at radius 1 is 1.20 bits per heavy atom. The first kappa shape index (κ1) is 21.3. The molecular weight excluding hydrogens is 326 g/mol. The minimum absolute atomic E-state index is 0.468. The highest BCUT2D eigenvalue weighted by molar-refractivity contribution is 5.88. The van der Waals surface area contributed by atoms with Crippen molar-refractivity contribution < 1.29 is 29.6 Å². The Morgan fingerprint density at radius 3 is 2.48 bits per heavy atom. The van der Waals surface area contributed by atoms with Crippen molar-refractivity contribution >= 4 is 5.91 Å². The third-order valence-electron chi connectivity index (χ3n) is 3.69. The topological polar surface area (TPSA) is 108 Å². The van der Waals surface area contributed by atoms with Crippen molar-refractivity contribution in [2.24, 2.45) is 0 Å². The van der Waals surface area contributed by atoms with Crippen molar-refractivity contribution in [1.29, 1.82) is 0 Å². The average Bonchev–Trinajstić information content (AvgIpc) is 2.61. The van der Waals surface area contributed by atoms with Gasteiger partial charge in [-0.1, -0.05) is 42.0 Å². The number of hydrogen-bond acceptors (Lipinski definition) is 6. The van der Waals surface area contributed by atoms with Crippen molar-refractivity contribution in [2.75, 3.05) is 13.7 Å². The number of rotatable bonds is 7. The van der Waals surface area contributed by atoms with Gasteiger partial charge in [0.25, 0.3) is 0 Å². The van der Waals surface area contributed by atoms with E-state index in [1.165, 1.54) is 13.2 Å². The van der Waals surface area contributed by atoms with Crippen LogP contribution in [-0.2, 0) is 14.3 Å². The summed E-state index contributed by atoms with van der Waals surface area (Å²) in [5.74, 6) is -0.468. The molecule has 7 heteroatoms. The van der Waals surface area contributed by atoms with E-state index in [0.717, 1.165) is 5.57 Å². The maximum atomic E-state index is 12.0. The van der Waals surface area contributed by atoms with Crippen LogP contribution >= 0.6 is 0 Å². The Morgan fingerprint density at radius 2 is 1.88 bits per heavy atom. The lowest BCUT2D eigenvalue weighted by molar-refractivity contribution is -0.262. The van der Waals surface area contributed by atoms with Crippen LogP contribution in [0.15, 0.2) is 48.1 Å². The summed E-state index contributed by atoms with van der Waals surface area (Å²) >= 11 is 0. The fourth-order valence-electron chi connectivity index (χ4n) is 2.30. The third kappa shape index (κ3) is 6.56. The van der Waals surface area contributed by atoms with Gasteiger partial charge in [-0.3, -0.25) is 4.79 Å². The predicted octanol–water partition coefficient (Wildman–Crippen LogP) is 0.191. The van der Waals surface area contributed by atoms with Gasteiger partial charge in [-0.25, -0.2) is 0 Å². The van der Waals surface area contributed by atoms with Gasteiger partial charge in [0.1, 0.15) is 24.4 Å². The monoisotopic (exact) mass is 353 g/mol. The minimum atomic E-state index is -1.33. The van der Waals surface area contributed by atoms with Crippen LogP contribution in [0.5, 0.6) is 0 Å². The van der Waals surface area contributed by atoms with Crippen molar-refractivity contribution in [3.63, 3.8) is 0 Å². The highest BCUT2D eigenvalue weighted by Gasteiger charge is 2.44. The molecule has 1 aliphatic rings. The van der Waals surface area contributed by atoms with Crippen LogP contribution in [0.25, 0.3) is 0 Å². The number of carbonyl (C=O) groups is 1. The van der Waals surface area contributed by atoms with Crippen molar-refractivity contribution in [2.45, 2.75) is 44.5 Å². The molecule has 0 aromatic rings. The van der Waals surface area contributed by atoms with Gasteiger partial charge in [-0.2, -0.15) is 0 Å². The van der Waals surface area contributed by atoms with E-state index in [1.54, 1.807) is 12.2 Å². The fourth-order valence-corrected chi connectivity index (χ4v) is 2.30. The molecule has 0 aliphatic carbocycles. The quantitative estimate of drug-likeness (QED) is 0.384. The van der Waals surface area contributed by atoms with Crippen molar-refractivity contribution in [3.8, 4) is 0 Å². The number of aliphatic hydroxyl groups is 3. The Hall–Kier alpha value is -1.77. The van der Waals surface area contributed by atoms with E-state index in [4.69, 9.17) is 14.6 Å². The predicted molar refractivity (Wildman–Crippen MR) is 93.6 cm³/mol. The van der Waals surface area contributed by atoms with Gasteiger partial charge >= 0.3 is 0 Å². The van der Waals surface area contributed by atoms with E-state index in [1.807, 2.05) is 38.2 Å². The third-order valence-corrected chi connectivity index (χ3v) is 3.69. The Labute approximate surface area is 148 Å². The number of ether oxygens (including phenoxy) is 2. The number of carbonyl (C=O) groups excluding carboxylic acids is 1. The van der Waals surface area contributed by atoms with E-state index >= 15 is 0 Å². The van der Waals surface area contributed by atoms with Crippen LogP contribution in [0, 0.1) is 0 Å². The van der Waals surface area contributed by atoms with E-state index in [2.05, 4.69) is 5.32 Å². The summed E-state index contributed by atoms with van der Waals surface area (Å²) in [6, 6.07) is -0.958. The van der Waals surface area contributed by atoms with Crippen LogP contribution in [0.4, 0.5) is 0 Å². The summed E-state index contributed by atoms with van der Waals surface area (Å²) in [7, 11) is 1.35. The van der Waals surface area contributed by atoms with E-state index in [-0.39, 0.29) is 0 Å². The number of methoxy groups -OCH3 is 1. The molecular formula is C18H27NO6. The van der Waals surface area contributed by atoms with Crippen LogP contribution < -0.4 is 5.32 Å². The molecule has 0 radical (unpaired) electrons. The second-order valence-electron chi connectivity index (χ2n) is 5.63. The molecule has 1 saturated heterocycles. The lowest BCUT2D eigenvalue weighted by atomic mass is 9.97. The van der Waals surface area contributed by atoms with Gasteiger partial charge in [-0.15, -0.1) is 0 Å². The Balaban J connectivity index is 2.65. The molecule has 5 atom stereocenters. The minimum Gasteiger partial charge on any atom is -0.394 e. The summed E-state index contributed by atoms with van der Waals surface area (Å²) in [6.07, 6.45) is 7.58. The first-order chi connectivity index (χ1) is 11.9. The zero-order valence-corrected chi connectivity index (χ0v) is 14.7. The van der Waals surface area contributed by atoms with Gasteiger partial charge in [-0.05, 0) is 13.8 Å². The van der Waals surface area contributed by atoms with Crippen molar-refractivity contribution in [1.82, 2.24) is 5.32 Å². The molecule has 0 aromatic heterocycles. The molecule has 1 fully saturated rings. The van der Waals surface area contributed by atoms with Crippen molar-refractivity contribution in [3.05, 3.63) is 48.1 Å². The zero-order valence-electron chi connectivity index (χ0n) is 14.7. The molecule has 4 N–H and O–H groups in total. The molecule has 0 saturated carbocycles. The van der Waals surface area contributed by atoms with Gasteiger partial charge in [0.2, 0.25) is 5.91 Å². The maximum absolute atomic E-state index is 12.0. The first-order valence-electron chi connectivity index (χ1n) is 8.04. The number of amides is 1. The van der Waals surface area contributed by atoms with Crippen LogP contribution in [-0.4, -0.2) is 65.6 Å². The molecule has 1 heterocycles. The standard InChI is InChI=1S/C18H27NO6/c1-4-5-8-12(2)9-6-7-10-14(21)19-15-17(23)16(22)13(11-20)25-18(15)24-3/h4-10,13,15-18,20,22-23H,11H2,1-3H3,(H,19,21). The van der Waals surface area contributed by atoms with E-state index in [9.17, 15) is 15.0 Å². The summed E-state index contributed by atoms with van der Waals surface area (Å²) in [6.45, 7) is 3.39. The van der Waals surface area contributed by atoms with Crippen LogP contribution in [0.1, 0.15) is 13.8 Å².